The van der Waals surface area contributed by atoms with Crippen LogP contribution in [0.5, 0.6) is 0 Å². The molecule has 1 amide bonds. The number of likely N-dealkylation sites (tertiary alicyclic amines) is 1. The first-order chi connectivity index (χ1) is 11.1. The zero-order valence-corrected chi connectivity index (χ0v) is 13.4. The lowest BCUT2D eigenvalue weighted by Gasteiger charge is -2.24. The second kappa shape index (κ2) is 6.47. The van der Waals surface area contributed by atoms with Crippen LogP contribution in [0.1, 0.15) is 22.1 Å². The van der Waals surface area contributed by atoms with Gasteiger partial charge in [0.15, 0.2) is 0 Å². The van der Waals surface area contributed by atoms with Crippen LogP contribution >= 0.6 is 0 Å². The zero-order chi connectivity index (χ0) is 16.4. The van der Waals surface area contributed by atoms with Gasteiger partial charge in [-0.25, -0.2) is 4.68 Å². The highest BCUT2D eigenvalue weighted by atomic mass is 16.5. The molecular weight excluding hydrogens is 300 g/mol. The summed E-state index contributed by atoms with van der Waals surface area (Å²) in [7, 11) is 5.55. The van der Waals surface area contributed by atoms with Crippen molar-refractivity contribution in [2.24, 2.45) is 0 Å². The van der Waals surface area contributed by atoms with E-state index < -0.39 is 0 Å². The molecule has 2 atom stereocenters. The number of hydrogen-bond donors (Lipinski definition) is 0. The maximum absolute atomic E-state index is 12.8. The van der Waals surface area contributed by atoms with Crippen LogP contribution in [0.15, 0.2) is 23.2 Å². The van der Waals surface area contributed by atoms with E-state index in [1.807, 2.05) is 25.0 Å². The number of amides is 1. The standard InChI is InChI=1S/C14H20N6O3/c1-18(2)12-6-19(7-13(12)20-5-4-15-17-20)14(21)10-8-23-16-11(10)9-22-3/h4-5,8,12-13H,6-7,9H2,1-3H3/t12-,13+/m1/s1. The zero-order valence-electron chi connectivity index (χ0n) is 13.4. The molecule has 0 bridgehead atoms. The Bertz CT molecular complexity index is 653. The Morgan fingerprint density at radius 2 is 2.30 bits per heavy atom. The van der Waals surface area contributed by atoms with Crippen molar-refractivity contribution < 1.29 is 14.1 Å². The number of hydrogen-bond acceptors (Lipinski definition) is 7. The van der Waals surface area contributed by atoms with Gasteiger partial charge < -0.3 is 19.1 Å². The Morgan fingerprint density at radius 1 is 1.48 bits per heavy atom. The van der Waals surface area contributed by atoms with Gasteiger partial charge in [-0.1, -0.05) is 10.4 Å². The third-order valence-electron chi connectivity index (χ3n) is 4.15. The molecule has 0 aromatic carbocycles. The maximum Gasteiger partial charge on any atom is 0.259 e. The predicted molar refractivity (Wildman–Crippen MR) is 79.7 cm³/mol. The molecule has 124 valence electrons. The van der Waals surface area contributed by atoms with Crippen LogP contribution < -0.4 is 0 Å². The lowest BCUT2D eigenvalue weighted by atomic mass is 10.1. The van der Waals surface area contributed by atoms with E-state index in [0.717, 1.165) is 0 Å². The second-order valence-electron chi connectivity index (χ2n) is 5.80. The summed E-state index contributed by atoms with van der Waals surface area (Å²) in [6.07, 6.45) is 4.85. The lowest BCUT2D eigenvalue weighted by Crippen LogP contribution is -2.37. The highest BCUT2D eigenvalue weighted by molar-refractivity contribution is 5.95. The van der Waals surface area contributed by atoms with E-state index in [1.165, 1.54) is 6.26 Å². The summed E-state index contributed by atoms with van der Waals surface area (Å²) >= 11 is 0. The minimum atomic E-state index is -0.104. The molecular formula is C14H20N6O3. The molecule has 0 saturated carbocycles. The minimum absolute atomic E-state index is 0.0576. The third kappa shape index (κ3) is 2.97. The molecule has 0 spiro atoms. The number of ether oxygens (including phenoxy) is 1. The van der Waals surface area contributed by atoms with E-state index >= 15 is 0 Å². The van der Waals surface area contributed by atoms with E-state index in [9.17, 15) is 4.79 Å². The number of rotatable bonds is 5. The van der Waals surface area contributed by atoms with Crippen LogP contribution in [0.3, 0.4) is 0 Å². The number of carbonyl (C=O) groups is 1. The molecule has 0 radical (unpaired) electrons. The molecule has 3 heterocycles. The first-order valence-corrected chi connectivity index (χ1v) is 7.35. The van der Waals surface area contributed by atoms with Gasteiger partial charge in [-0.15, -0.1) is 5.10 Å². The van der Waals surface area contributed by atoms with Crippen molar-refractivity contribution in [3.63, 3.8) is 0 Å². The summed E-state index contributed by atoms with van der Waals surface area (Å²) in [5.41, 5.74) is 0.965. The minimum Gasteiger partial charge on any atom is -0.378 e. The van der Waals surface area contributed by atoms with Crippen LogP contribution in [-0.2, 0) is 11.3 Å². The molecule has 1 fully saturated rings. The number of carbonyl (C=O) groups excluding carboxylic acids is 1. The van der Waals surface area contributed by atoms with E-state index in [-0.39, 0.29) is 24.6 Å². The summed E-state index contributed by atoms with van der Waals surface area (Å²) in [4.78, 5) is 16.7. The largest absolute Gasteiger partial charge is 0.378 e. The van der Waals surface area contributed by atoms with Gasteiger partial charge in [-0.2, -0.15) is 0 Å². The van der Waals surface area contributed by atoms with Crippen molar-refractivity contribution in [2.45, 2.75) is 18.7 Å². The highest BCUT2D eigenvalue weighted by Gasteiger charge is 2.39. The van der Waals surface area contributed by atoms with Crippen molar-refractivity contribution >= 4 is 5.91 Å². The van der Waals surface area contributed by atoms with Crippen LogP contribution in [-0.4, -0.2) is 76.2 Å². The van der Waals surface area contributed by atoms with E-state index in [0.29, 0.717) is 24.3 Å². The molecule has 9 heteroatoms. The van der Waals surface area contributed by atoms with Gasteiger partial charge in [0.05, 0.1) is 24.9 Å². The van der Waals surface area contributed by atoms with Gasteiger partial charge in [0.1, 0.15) is 17.5 Å². The molecule has 0 unspecified atom stereocenters. The molecule has 0 N–H and O–H groups in total. The fourth-order valence-corrected chi connectivity index (χ4v) is 2.94. The van der Waals surface area contributed by atoms with E-state index in [4.69, 9.17) is 9.26 Å². The molecule has 23 heavy (non-hydrogen) atoms. The van der Waals surface area contributed by atoms with Crippen molar-refractivity contribution in [1.29, 1.82) is 0 Å². The molecule has 0 aliphatic carbocycles. The van der Waals surface area contributed by atoms with E-state index in [1.54, 1.807) is 18.2 Å². The number of aromatic nitrogens is 4. The molecule has 2 aromatic heterocycles. The van der Waals surface area contributed by atoms with Gasteiger partial charge in [0.2, 0.25) is 0 Å². The molecule has 1 aliphatic heterocycles. The normalized spacial score (nSPS) is 21.3. The average Bonchev–Trinajstić information content (AvgIpc) is 3.26. The first kappa shape index (κ1) is 15.6. The Kier molecular flexibility index (Phi) is 4.39. The average molecular weight is 320 g/mol. The number of likely N-dealkylation sites (N-methyl/N-ethyl adjacent to an activating group) is 1. The summed E-state index contributed by atoms with van der Waals surface area (Å²) < 4.78 is 11.8. The van der Waals surface area contributed by atoms with Crippen molar-refractivity contribution in [1.82, 2.24) is 30.0 Å². The van der Waals surface area contributed by atoms with Crippen LogP contribution in [0, 0.1) is 0 Å². The van der Waals surface area contributed by atoms with Crippen LogP contribution in [0.2, 0.25) is 0 Å². The molecule has 1 saturated heterocycles. The second-order valence-corrected chi connectivity index (χ2v) is 5.80. The lowest BCUT2D eigenvalue weighted by molar-refractivity contribution is 0.0775. The number of methoxy groups -OCH3 is 1. The topological polar surface area (TPSA) is 89.5 Å². The fraction of sp³-hybridized carbons (Fsp3) is 0.571. The van der Waals surface area contributed by atoms with Gasteiger partial charge in [-0.3, -0.25) is 4.79 Å². The van der Waals surface area contributed by atoms with Gasteiger partial charge in [-0.05, 0) is 14.1 Å². The third-order valence-corrected chi connectivity index (χ3v) is 4.15. The molecule has 2 aromatic rings. The van der Waals surface area contributed by atoms with Gasteiger partial charge in [0.25, 0.3) is 5.91 Å². The predicted octanol–water partition coefficient (Wildman–Crippen LogP) is 0.0398. The van der Waals surface area contributed by atoms with Crippen molar-refractivity contribution in [3.05, 3.63) is 29.9 Å². The monoisotopic (exact) mass is 320 g/mol. The van der Waals surface area contributed by atoms with Gasteiger partial charge >= 0.3 is 0 Å². The summed E-state index contributed by atoms with van der Waals surface area (Å²) in [5.74, 6) is -0.104. The Morgan fingerprint density at radius 3 is 2.96 bits per heavy atom. The highest BCUT2D eigenvalue weighted by Crippen LogP contribution is 2.26. The van der Waals surface area contributed by atoms with Crippen LogP contribution in [0.4, 0.5) is 0 Å². The van der Waals surface area contributed by atoms with Gasteiger partial charge in [0, 0.05) is 26.4 Å². The van der Waals surface area contributed by atoms with Crippen molar-refractivity contribution in [3.8, 4) is 0 Å². The summed E-state index contributed by atoms with van der Waals surface area (Å²) in [5, 5.41) is 11.8. The quantitative estimate of drug-likeness (QED) is 0.768. The van der Waals surface area contributed by atoms with E-state index in [2.05, 4.69) is 20.4 Å². The molecule has 3 rings (SSSR count). The molecule has 9 nitrogen and oxygen atoms in total. The molecule has 1 aliphatic rings. The SMILES string of the molecule is COCc1nocc1C(=O)N1C[C@@H](N(C)C)[C@@H](n2ccnn2)C1. The summed E-state index contributed by atoms with van der Waals surface area (Å²) in [6, 6.07) is 0.216. The fourth-order valence-electron chi connectivity index (χ4n) is 2.94. The summed E-state index contributed by atoms with van der Waals surface area (Å²) in [6.45, 7) is 1.41. The smallest absolute Gasteiger partial charge is 0.259 e. The Hall–Kier alpha value is -2.26. The Balaban J connectivity index is 1.81. The van der Waals surface area contributed by atoms with Crippen molar-refractivity contribution in [2.75, 3.05) is 34.3 Å². The Labute approximate surface area is 133 Å². The maximum atomic E-state index is 12.8. The first-order valence-electron chi connectivity index (χ1n) is 7.35. The number of nitrogens with zero attached hydrogens (tertiary/aromatic N) is 6. The van der Waals surface area contributed by atoms with Crippen LogP contribution in [0.25, 0.3) is 0 Å².